The number of ether oxygens (including phenoxy) is 4. The number of rotatable bonds is 8. The Hall–Kier alpha value is -2.54. The van der Waals surface area contributed by atoms with Crippen LogP contribution in [0.5, 0.6) is 0 Å². The lowest BCUT2D eigenvalue weighted by Gasteiger charge is -2.37. The summed E-state index contributed by atoms with van der Waals surface area (Å²) in [6, 6.07) is 5.42. The van der Waals surface area contributed by atoms with Gasteiger partial charge in [-0.2, -0.15) is 8.78 Å². The van der Waals surface area contributed by atoms with Gasteiger partial charge >= 0.3 is 12.5 Å². The molecule has 1 saturated carbocycles. The van der Waals surface area contributed by atoms with E-state index in [9.17, 15) is 35.1 Å². The van der Waals surface area contributed by atoms with Crippen molar-refractivity contribution in [2.24, 2.45) is 5.92 Å². The zero-order valence-electron chi connectivity index (χ0n) is 22.0. The fourth-order valence-electron chi connectivity index (χ4n) is 6.00. The third-order valence-electron chi connectivity index (χ3n) is 7.92. The lowest BCUT2D eigenvalue weighted by molar-refractivity contribution is -0.432. The molecule has 1 aliphatic carbocycles. The summed E-state index contributed by atoms with van der Waals surface area (Å²) in [7, 11) is 0. The van der Waals surface area contributed by atoms with E-state index in [0.717, 1.165) is 50.2 Å². The van der Waals surface area contributed by atoms with Gasteiger partial charge in [-0.05, 0) is 67.3 Å². The molecule has 0 amide bonds. The standard InChI is InChI=1S/C29H28F8O4/c1-2-11-26-15-38-28(40-26,39-16-26)21-9-7-18(8-10-21)20-6-5-19(22(30)14-20)4-3-17-12-23(31)25(24(32)13-17)27(33,34)41-29(35,36)37/h3-6,12-14,18,21H,2,7-11,15-16H2,1H3. The number of fused-ring (bicyclic) bond motifs is 2. The molecule has 3 aliphatic rings. The van der Waals surface area contributed by atoms with E-state index in [0.29, 0.717) is 25.3 Å². The summed E-state index contributed by atoms with van der Waals surface area (Å²) >= 11 is 0. The van der Waals surface area contributed by atoms with Gasteiger partial charge in [0.2, 0.25) is 0 Å². The summed E-state index contributed by atoms with van der Waals surface area (Å²) in [6.45, 7) is 3.12. The van der Waals surface area contributed by atoms with Crippen LogP contribution < -0.4 is 0 Å². The molecule has 2 aromatic carbocycles. The molecule has 0 aromatic heterocycles. The van der Waals surface area contributed by atoms with E-state index in [-0.39, 0.29) is 28.6 Å². The second kappa shape index (κ2) is 10.9. The minimum absolute atomic E-state index is 0.0660. The molecule has 0 N–H and O–H groups in total. The minimum Gasteiger partial charge on any atom is -0.324 e. The molecule has 2 aromatic rings. The fraction of sp³-hybridized carbons (Fsp3) is 0.517. The lowest BCUT2D eigenvalue weighted by Crippen LogP contribution is -2.42. The van der Waals surface area contributed by atoms with Crippen molar-refractivity contribution in [3.63, 3.8) is 0 Å². The average Bonchev–Trinajstić information content (AvgIpc) is 3.43. The summed E-state index contributed by atoms with van der Waals surface area (Å²) < 4.78 is 128. The van der Waals surface area contributed by atoms with Crippen LogP contribution >= 0.6 is 0 Å². The van der Waals surface area contributed by atoms with Crippen LogP contribution in [0.2, 0.25) is 0 Å². The monoisotopic (exact) mass is 592 g/mol. The molecular weight excluding hydrogens is 564 g/mol. The van der Waals surface area contributed by atoms with Crippen LogP contribution in [0.25, 0.3) is 12.2 Å². The molecule has 2 saturated heterocycles. The molecule has 12 heteroatoms. The maximum absolute atomic E-state index is 14.9. The maximum atomic E-state index is 14.9. The zero-order valence-corrected chi connectivity index (χ0v) is 22.0. The summed E-state index contributed by atoms with van der Waals surface area (Å²) in [5.74, 6) is -5.34. The predicted molar refractivity (Wildman–Crippen MR) is 131 cm³/mol. The van der Waals surface area contributed by atoms with Crippen molar-refractivity contribution in [3.8, 4) is 0 Å². The van der Waals surface area contributed by atoms with E-state index in [4.69, 9.17) is 14.2 Å². The Balaban J connectivity index is 1.23. The molecule has 0 spiro atoms. The van der Waals surface area contributed by atoms with Gasteiger partial charge in [0.15, 0.2) is 0 Å². The van der Waals surface area contributed by atoms with Gasteiger partial charge in [-0.25, -0.2) is 17.9 Å². The largest absolute Gasteiger partial charge is 0.527 e. The Kier molecular flexibility index (Phi) is 7.99. The first-order valence-corrected chi connectivity index (χ1v) is 13.3. The Bertz CT molecular complexity index is 1270. The Labute approximate surface area is 231 Å². The van der Waals surface area contributed by atoms with Gasteiger partial charge in [0.1, 0.15) is 28.6 Å². The first-order chi connectivity index (χ1) is 19.2. The van der Waals surface area contributed by atoms with Crippen LogP contribution in [-0.4, -0.2) is 31.2 Å². The highest BCUT2D eigenvalue weighted by Crippen LogP contribution is 2.52. The van der Waals surface area contributed by atoms with Crippen LogP contribution in [0.1, 0.15) is 73.6 Å². The van der Waals surface area contributed by atoms with Crippen LogP contribution in [0.4, 0.5) is 35.1 Å². The molecule has 2 heterocycles. The topological polar surface area (TPSA) is 36.9 Å². The molecule has 41 heavy (non-hydrogen) atoms. The maximum Gasteiger partial charge on any atom is 0.527 e. The highest BCUT2D eigenvalue weighted by molar-refractivity contribution is 5.70. The Morgan fingerprint density at radius 2 is 1.51 bits per heavy atom. The second-order valence-corrected chi connectivity index (χ2v) is 10.8. The number of halogens is 8. The van der Waals surface area contributed by atoms with E-state index < -0.39 is 41.5 Å². The van der Waals surface area contributed by atoms with Crippen molar-refractivity contribution in [1.82, 2.24) is 0 Å². The van der Waals surface area contributed by atoms with E-state index >= 15 is 0 Å². The predicted octanol–water partition coefficient (Wildman–Crippen LogP) is 8.40. The van der Waals surface area contributed by atoms with Crippen molar-refractivity contribution in [1.29, 1.82) is 0 Å². The molecule has 3 fully saturated rings. The molecule has 5 rings (SSSR count). The van der Waals surface area contributed by atoms with Crippen LogP contribution in [0.15, 0.2) is 30.3 Å². The first kappa shape index (κ1) is 29.9. The number of hydrogen-bond donors (Lipinski definition) is 0. The molecule has 2 bridgehead atoms. The van der Waals surface area contributed by atoms with Crippen LogP contribution in [0.3, 0.4) is 0 Å². The molecule has 0 radical (unpaired) electrons. The molecular formula is C29H28F8O4. The molecule has 2 aliphatic heterocycles. The summed E-state index contributed by atoms with van der Waals surface area (Å²) in [6.07, 6.45) is -3.95. The van der Waals surface area contributed by atoms with Crippen LogP contribution in [-0.2, 0) is 25.1 Å². The fourth-order valence-corrected chi connectivity index (χ4v) is 6.00. The third-order valence-corrected chi connectivity index (χ3v) is 7.92. The van der Waals surface area contributed by atoms with Crippen molar-refractivity contribution in [2.45, 2.75) is 75.4 Å². The van der Waals surface area contributed by atoms with Crippen molar-refractivity contribution >= 4 is 12.2 Å². The molecule has 4 nitrogen and oxygen atoms in total. The van der Waals surface area contributed by atoms with Gasteiger partial charge in [-0.3, -0.25) is 0 Å². The molecule has 0 unspecified atom stereocenters. The van der Waals surface area contributed by atoms with Crippen LogP contribution in [0, 0.1) is 23.4 Å². The van der Waals surface area contributed by atoms with E-state index in [1.165, 1.54) is 18.2 Å². The minimum atomic E-state index is -5.83. The summed E-state index contributed by atoms with van der Waals surface area (Å²) in [5, 5.41) is 0. The Morgan fingerprint density at radius 3 is 2.07 bits per heavy atom. The molecule has 224 valence electrons. The normalized spacial score (nSPS) is 28.6. The van der Waals surface area contributed by atoms with Gasteiger partial charge in [0, 0.05) is 11.5 Å². The van der Waals surface area contributed by atoms with Gasteiger partial charge in [-0.15, -0.1) is 13.2 Å². The van der Waals surface area contributed by atoms with E-state index in [1.54, 1.807) is 6.07 Å². The summed E-state index contributed by atoms with van der Waals surface area (Å²) in [4.78, 5) is 0. The smallest absolute Gasteiger partial charge is 0.324 e. The summed E-state index contributed by atoms with van der Waals surface area (Å²) in [5.41, 5.74) is -2.01. The van der Waals surface area contributed by atoms with Crippen molar-refractivity contribution in [2.75, 3.05) is 13.2 Å². The quantitative estimate of drug-likeness (QED) is 0.228. The van der Waals surface area contributed by atoms with Gasteiger partial charge in [0.25, 0.3) is 5.97 Å². The number of alkyl halides is 5. The average molecular weight is 593 g/mol. The SMILES string of the molecule is CCCC12COC(C3CCC(c4ccc(C=Cc5cc(F)c(C(F)(F)OC(F)(F)F)c(F)c5)c(F)c4)CC3)(OC1)O2. The van der Waals surface area contributed by atoms with Gasteiger partial charge in [-0.1, -0.05) is 37.6 Å². The second-order valence-electron chi connectivity index (χ2n) is 10.8. The van der Waals surface area contributed by atoms with E-state index in [2.05, 4.69) is 11.7 Å². The van der Waals surface area contributed by atoms with Gasteiger partial charge in [0.05, 0.1) is 13.2 Å². The lowest BCUT2D eigenvalue weighted by atomic mass is 9.77. The Morgan fingerprint density at radius 1 is 0.878 bits per heavy atom. The van der Waals surface area contributed by atoms with Crippen molar-refractivity contribution < 1.29 is 54.1 Å². The van der Waals surface area contributed by atoms with Crippen molar-refractivity contribution in [3.05, 3.63) is 70.0 Å². The zero-order chi connectivity index (χ0) is 29.6. The van der Waals surface area contributed by atoms with E-state index in [1.807, 2.05) is 0 Å². The molecule has 0 atom stereocenters. The third kappa shape index (κ3) is 6.16. The highest BCUT2D eigenvalue weighted by atomic mass is 19.4. The van der Waals surface area contributed by atoms with Gasteiger partial charge < -0.3 is 14.2 Å². The highest BCUT2D eigenvalue weighted by Gasteiger charge is 2.62. The number of hydrogen-bond acceptors (Lipinski definition) is 4. The first-order valence-electron chi connectivity index (χ1n) is 13.3. The number of benzene rings is 2.